The Hall–Kier alpha value is -1.18. The number of methoxy groups -OCH3 is 1. The molecule has 0 unspecified atom stereocenters. The van der Waals surface area contributed by atoms with Gasteiger partial charge in [0, 0.05) is 42.7 Å². The van der Waals surface area contributed by atoms with Crippen molar-refractivity contribution in [3.63, 3.8) is 0 Å². The van der Waals surface area contributed by atoms with E-state index in [-0.39, 0.29) is 47.8 Å². The van der Waals surface area contributed by atoms with Gasteiger partial charge in [-0.1, -0.05) is 45.6 Å². The maximum Gasteiger partial charge on any atom is 0.130 e. The summed E-state index contributed by atoms with van der Waals surface area (Å²) < 4.78 is 19.0. The average molecular weight is 448 g/mol. The first-order valence-corrected chi connectivity index (χ1v) is 12.2. The zero-order valence-corrected chi connectivity index (χ0v) is 20.3. The van der Waals surface area contributed by atoms with Gasteiger partial charge in [0.1, 0.15) is 23.6 Å². The summed E-state index contributed by atoms with van der Waals surface area (Å²) in [5.41, 5.74) is 0.491. The Morgan fingerprint density at radius 2 is 2.06 bits per heavy atom. The molecule has 0 aromatic carbocycles. The molecule has 2 fully saturated rings. The quantitative estimate of drug-likeness (QED) is 0.575. The Labute approximate surface area is 192 Å². The summed E-state index contributed by atoms with van der Waals surface area (Å²) in [5, 5.41) is 25.6. The average Bonchev–Trinajstić information content (AvgIpc) is 2.94. The number of hydrogen-bond donors (Lipinski definition) is 3. The van der Waals surface area contributed by atoms with Crippen LogP contribution in [0.5, 0.6) is 0 Å². The smallest absolute Gasteiger partial charge is 0.130 e. The van der Waals surface area contributed by atoms with Crippen molar-refractivity contribution in [2.75, 3.05) is 13.7 Å². The maximum atomic E-state index is 11.6. The molecule has 6 nitrogen and oxygen atoms in total. The highest BCUT2D eigenvalue weighted by molar-refractivity contribution is 5.35. The van der Waals surface area contributed by atoms with Crippen molar-refractivity contribution < 1.29 is 24.4 Å². The van der Waals surface area contributed by atoms with Crippen LogP contribution in [0.15, 0.2) is 36.1 Å². The summed E-state index contributed by atoms with van der Waals surface area (Å²) in [7, 11) is 1.67. The second kappa shape index (κ2) is 8.88. The Morgan fingerprint density at radius 3 is 2.69 bits per heavy atom. The minimum atomic E-state index is -0.664. The van der Waals surface area contributed by atoms with E-state index in [1.165, 1.54) is 0 Å². The van der Waals surface area contributed by atoms with Crippen LogP contribution in [0, 0.1) is 29.6 Å². The zero-order chi connectivity index (χ0) is 23.4. The van der Waals surface area contributed by atoms with Crippen LogP contribution in [0.3, 0.4) is 0 Å². The number of rotatable bonds is 4. The van der Waals surface area contributed by atoms with Crippen LogP contribution in [0.1, 0.15) is 41.0 Å². The normalized spacial score (nSPS) is 50.8. The lowest BCUT2D eigenvalue weighted by Gasteiger charge is -2.49. The van der Waals surface area contributed by atoms with E-state index in [1.807, 2.05) is 0 Å². The van der Waals surface area contributed by atoms with Crippen molar-refractivity contribution >= 4 is 0 Å². The van der Waals surface area contributed by atoms with Crippen molar-refractivity contribution in [1.82, 2.24) is 5.32 Å². The van der Waals surface area contributed by atoms with E-state index < -0.39 is 23.9 Å². The second-order valence-electron chi connectivity index (χ2n) is 10.4. The molecule has 1 spiro atoms. The number of ether oxygens (including phenoxy) is 3. The van der Waals surface area contributed by atoms with Crippen LogP contribution >= 0.6 is 0 Å². The number of likely N-dealkylation sites (N-methyl/N-ethyl adjacent to an activating group) is 1. The fraction of sp³-hybridized carbons (Fsp3) is 0.769. The first-order chi connectivity index (χ1) is 15.2. The van der Waals surface area contributed by atoms with Gasteiger partial charge in [-0.15, -0.1) is 0 Å². The van der Waals surface area contributed by atoms with Crippen LogP contribution in [-0.4, -0.2) is 66.0 Å². The molecule has 4 aliphatic rings. The van der Waals surface area contributed by atoms with Crippen LogP contribution in [0.4, 0.5) is 0 Å². The van der Waals surface area contributed by atoms with Gasteiger partial charge in [-0.25, -0.2) is 0 Å². The highest BCUT2D eigenvalue weighted by Gasteiger charge is 2.67. The van der Waals surface area contributed by atoms with E-state index in [2.05, 4.69) is 57.8 Å². The van der Waals surface area contributed by atoms with E-state index in [9.17, 15) is 10.2 Å². The van der Waals surface area contributed by atoms with Crippen LogP contribution in [0.2, 0.25) is 0 Å². The van der Waals surface area contributed by atoms with Crippen LogP contribution < -0.4 is 5.32 Å². The van der Waals surface area contributed by atoms with Crippen molar-refractivity contribution in [3.8, 4) is 0 Å². The number of hydrogen-bond acceptors (Lipinski definition) is 6. The van der Waals surface area contributed by atoms with Crippen molar-refractivity contribution in [1.29, 1.82) is 0 Å². The first kappa shape index (κ1) is 24.0. The Bertz CT molecular complexity index is 778. The van der Waals surface area contributed by atoms with Gasteiger partial charge in [0.15, 0.2) is 0 Å². The molecule has 0 aromatic rings. The molecule has 2 aliphatic carbocycles. The zero-order valence-electron chi connectivity index (χ0n) is 20.3. The molecule has 0 aromatic heterocycles. The fourth-order valence-corrected chi connectivity index (χ4v) is 7.02. The molecular weight excluding hydrogens is 406 g/mol. The SMILES string of the molecule is C=C1O[C@H]([C@@H](C)O)[C@H](C)/C=C(\C)[C@]23O[C@@H]4[C@H](C=C[C@@H]2C[C@@H]1OC)[C@H]3[C@H](O)[C@@H](C)[C@@H]4NCC. The number of aliphatic hydroxyl groups excluding tert-OH is 2. The van der Waals surface area contributed by atoms with E-state index >= 15 is 0 Å². The summed E-state index contributed by atoms with van der Waals surface area (Å²) in [6, 6.07) is 0.0985. The molecule has 12 atom stereocenters. The molecule has 0 amide bonds. The van der Waals surface area contributed by atoms with Gasteiger partial charge in [-0.3, -0.25) is 0 Å². The standard InChI is InChI=1S/C26H41NO5/c1-8-27-22-15(4)23(29)21-19-10-9-18-12-20(30-7)17(6)31-24(16(5)28)13(2)11-14(3)26(18,21)32-25(19)22/h9-11,13,15-16,18-25,27-29H,6,8,12H2,1-5,7H3/b14-11+/t13-,15+,16-,18-,19-,20+,21+,22+,23-,24+,25-,26+/m1/s1. The molecule has 2 heterocycles. The molecule has 4 bridgehead atoms. The first-order valence-electron chi connectivity index (χ1n) is 12.2. The van der Waals surface area contributed by atoms with Gasteiger partial charge in [0.2, 0.25) is 0 Å². The number of nitrogens with one attached hydrogen (secondary N) is 1. The molecule has 1 saturated carbocycles. The molecule has 3 N–H and O–H groups in total. The summed E-state index contributed by atoms with van der Waals surface area (Å²) >= 11 is 0. The van der Waals surface area contributed by atoms with Gasteiger partial charge in [-0.2, -0.15) is 0 Å². The van der Waals surface area contributed by atoms with E-state index in [4.69, 9.17) is 14.2 Å². The summed E-state index contributed by atoms with van der Waals surface area (Å²) in [6.45, 7) is 15.1. The summed E-state index contributed by atoms with van der Waals surface area (Å²) in [4.78, 5) is 0. The third kappa shape index (κ3) is 3.50. The Morgan fingerprint density at radius 1 is 1.34 bits per heavy atom. The van der Waals surface area contributed by atoms with Gasteiger partial charge >= 0.3 is 0 Å². The topological polar surface area (TPSA) is 80.2 Å². The highest BCUT2D eigenvalue weighted by atomic mass is 16.5. The minimum Gasteiger partial charge on any atom is -0.489 e. The molecule has 0 radical (unpaired) electrons. The Balaban J connectivity index is 1.85. The maximum absolute atomic E-state index is 11.6. The van der Waals surface area contributed by atoms with Crippen molar-refractivity contribution in [2.24, 2.45) is 29.6 Å². The largest absolute Gasteiger partial charge is 0.489 e. The predicted molar refractivity (Wildman–Crippen MR) is 124 cm³/mol. The number of aliphatic hydroxyl groups is 2. The summed E-state index contributed by atoms with van der Waals surface area (Å²) in [6.07, 6.45) is 5.45. The molecule has 6 heteroatoms. The third-order valence-corrected chi connectivity index (χ3v) is 8.53. The third-order valence-electron chi connectivity index (χ3n) is 8.53. The van der Waals surface area contributed by atoms with Crippen molar-refractivity contribution in [3.05, 3.63) is 36.1 Å². The van der Waals surface area contributed by atoms with Crippen LogP contribution in [-0.2, 0) is 14.2 Å². The minimum absolute atomic E-state index is 0.00852. The van der Waals surface area contributed by atoms with E-state index in [0.717, 1.165) is 12.1 Å². The molecule has 1 saturated heterocycles. The lowest BCUT2D eigenvalue weighted by molar-refractivity contribution is -0.0899. The summed E-state index contributed by atoms with van der Waals surface area (Å²) in [5.74, 6) is 0.722. The molecular formula is C26H41NO5. The monoisotopic (exact) mass is 447 g/mol. The van der Waals surface area contributed by atoms with Crippen LogP contribution in [0.25, 0.3) is 0 Å². The lowest BCUT2D eigenvalue weighted by Crippen LogP contribution is -2.59. The van der Waals surface area contributed by atoms with E-state index in [1.54, 1.807) is 14.0 Å². The predicted octanol–water partition coefficient (Wildman–Crippen LogP) is 2.81. The van der Waals surface area contributed by atoms with Gasteiger partial charge < -0.3 is 29.7 Å². The highest BCUT2D eigenvalue weighted by Crippen LogP contribution is 2.60. The second-order valence-corrected chi connectivity index (χ2v) is 10.4. The lowest BCUT2D eigenvalue weighted by atomic mass is 9.57. The molecule has 180 valence electrons. The molecule has 32 heavy (non-hydrogen) atoms. The Kier molecular flexibility index (Phi) is 6.65. The van der Waals surface area contributed by atoms with Gasteiger partial charge in [0.25, 0.3) is 0 Å². The van der Waals surface area contributed by atoms with Crippen molar-refractivity contribution in [2.45, 2.75) is 83.2 Å². The fourth-order valence-electron chi connectivity index (χ4n) is 7.02. The van der Waals surface area contributed by atoms with E-state index in [0.29, 0.717) is 12.2 Å². The van der Waals surface area contributed by atoms with Gasteiger partial charge in [-0.05, 0) is 32.4 Å². The molecule has 4 rings (SSSR count). The van der Waals surface area contributed by atoms with Gasteiger partial charge in [0.05, 0.1) is 18.3 Å². The molecule has 2 aliphatic heterocycles.